The fraction of sp³-hybridized carbons (Fsp3) is 0.200. The Labute approximate surface area is 111 Å². The van der Waals surface area contributed by atoms with Gasteiger partial charge in [0.1, 0.15) is 0 Å². The lowest BCUT2D eigenvalue weighted by Gasteiger charge is -2.07. The van der Waals surface area contributed by atoms with Crippen LogP contribution in [0.4, 0.5) is 5.69 Å². The van der Waals surface area contributed by atoms with Gasteiger partial charge in [0.2, 0.25) is 0 Å². The van der Waals surface area contributed by atoms with Crippen molar-refractivity contribution in [2.45, 2.75) is 20.4 Å². The molecule has 3 aromatic rings. The molecule has 0 bridgehead atoms. The first kappa shape index (κ1) is 11.7. The van der Waals surface area contributed by atoms with Crippen LogP contribution in [0.3, 0.4) is 0 Å². The minimum Gasteiger partial charge on any atom is -0.378 e. The third-order valence-electron chi connectivity index (χ3n) is 3.26. The zero-order chi connectivity index (χ0) is 13.2. The number of nitrogens with one attached hydrogen (secondary N) is 2. The summed E-state index contributed by atoms with van der Waals surface area (Å²) in [4.78, 5) is 4.33. The molecule has 96 valence electrons. The maximum absolute atomic E-state index is 4.33. The third-order valence-corrected chi connectivity index (χ3v) is 3.26. The number of fused-ring (bicyclic) bond motifs is 1. The summed E-state index contributed by atoms with van der Waals surface area (Å²) in [6, 6.07) is 10.4. The van der Waals surface area contributed by atoms with Gasteiger partial charge in [-0.2, -0.15) is 5.10 Å². The van der Waals surface area contributed by atoms with Crippen molar-refractivity contribution in [3.8, 4) is 0 Å². The molecule has 2 aromatic heterocycles. The lowest BCUT2D eigenvalue weighted by atomic mass is 10.1. The highest BCUT2D eigenvalue weighted by atomic mass is 15.1. The Hall–Kier alpha value is -2.36. The number of nitrogens with zero attached hydrogens (tertiary/aromatic N) is 2. The summed E-state index contributed by atoms with van der Waals surface area (Å²) in [5.41, 5.74) is 5.42. The zero-order valence-corrected chi connectivity index (χ0v) is 11.1. The molecule has 4 heteroatoms. The van der Waals surface area contributed by atoms with Crippen LogP contribution in [0.25, 0.3) is 10.9 Å². The molecule has 4 nitrogen and oxygen atoms in total. The Morgan fingerprint density at radius 3 is 2.89 bits per heavy atom. The van der Waals surface area contributed by atoms with Crippen LogP contribution in [0.1, 0.15) is 17.0 Å². The molecule has 0 aliphatic rings. The molecule has 0 unspecified atom stereocenters. The van der Waals surface area contributed by atoms with Gasteiger partial charge in [-0.3, -0.25) is 10.1 Å². The fourth-order valence-electron chi connectivity index (χ4n) is 2.24. The summed E-state index contributed by atoms with van der Waals surface area (Å²) >= 11 is 0. The summed E-state index contributed by atoms with van der Waals surface area (Å²) < 4.78 is 0. The number of anilines is 1. The second kappa shape index (κ2) is 4.72. The molecule has 2 heterocycles. The highest BCUT2D eigenvalue weighted by Crippen LogP contribution is 2.18. The average molecular weight is 252 g/mol. The van der Waals surface area contributed by atoms with Gasteiger partial charge in [-0.1, -0.05) is 12.1 Å². The number of hydrogen-bond donors (Lipinski definition) is 2. The van der Waals surface area contributed by atoms with Crippen molar-refractivity contribution < 1.29 is 0 Å². The zero-order valence-electron chi connectivity index (χ0n) is 11.1. The highest BCUT2D eigenvalue weighted by molar-refractivity contribution is 5.79. The van der Waals surface area contributed by atoms with E-state index in [1.54, 1.807) is 0 Å². The largest absolute Gasteiger partial charge is 0.378 e. The third kappa shape index (κ3) is 2.29. The molecule has 0 aliphatic carbocycles. The molecule has 0 fully saturated rings. The monoisotopic (exact) mass is 252 g/mol. The number of benzene rings is 1. The van der Waals surface area contributed by atoms with Gasteiger partial charge >= 0.3 is 0 Å². The van der Waals surface area contributed by atoms with E-state index in [0.29, 0.717) is 0 Å². The lowest BCUT2D eigenvalue weighted by Crippen LogP contribution is -2.01. The Morgan fingerprint density at radius 2 is 2.11 bits per heavy atom. The van der Waals surface area contributed by atoms with Crippen LogP contribution in [0, 0.1) is 13.8 Å². The highest BCUT2D eigenvalue weighted by Gasteiger charge is 2.05. The predicted molar refractivity (Wildman–Crippen MR) is 77.1 cm³/mol. The molecular weight excluding hydrogens is 236 g/mol. The van der Waals surface area contributed by atoms with E-state index in [2.05, 4.69) is 44.8 Å². The van der Waals surface area contributed by atoms with Crippen molar-refractivity contribution in [2.24, 2.45) is 0 Å². The Kier molecular flexibility index (Phi) is 2.91. The van der Waals surface area contributed by atoms with Crippen LogP contribution in [0.2, 0.25) is 0 Å². The number of rotatable bonds is 3. The van der Waals surface area contributed by atoms with Gasteiger partial charge in [0.15, 0.2) is 0 Å². The quantitative estimate of drug-likeness (QED) is 0.752. The number of H-pyrrole nitrogens is 1. The van der Waals surface area contributed by atoms with Crippen molar-refractivity contribution in [1.29, 1.82) is 0 Å². The molecule has 0 saturated carbocycles. The van der Waals surface area contributed by atoms with Crippen molar-refractivity contribution in [3.63, 3.8) is 0 Å². The molecule has 2 N–H and O–H groups in total. The number of pyridine rings is 1. The van der Waals surface area contributed by atoms with Gasteiger partial charge in [0.05, 0.1) is 22.6 Å². The van der Waals surface area contributed by atoms with E-state index in [9.17, 15) is 0 Å². The number of hydrogen-bond acceptors (Lipinski definition) is 3. The van der Waals surface area contributed by atoms with E-state index in [1.165, 1.54) is 10.9 Å². The topological polar surface area (TPSA) is 53.6 Å². The molecule has 0 saturated heterocycles. The predicted octanol–water partition coefficient (Wildman–Crippen LogP) is 3.19. The van der Waals surface area contributed by atoms with Crippen LogP contribution in [-0.2, 0) is 6.54 Å². The molecular formula is C15H16N4. The maximum atomic E-state index is 4.33. The van der Waals surface area contributed by atoms with Crippen molar-refractivity contribution >= 4 is 16.6 Å². The summed E-state index contributed by atoms with van der Waals surface area (Å²) in [5.74, 6) is 0. The SMILES string of the molecule is Cc1n[nH]c(C)c1NCc1ccc2ncccc2c1. The van der Waals surface area contributed by atoms with E-state index < -0.39 is 0 Å². The van der Waals surface area contributed by atoms with E-state index in [0.717, 1.165) is 29.1 Å². The molecule has 1 aromatic carbocycles. The summed E-state index contributed by atoms with van der Waals surface area (Å²) in [6.07, 6.45) is 1.82. The van der Waals surface area contributed by atoms with E-state index >= 15 is 0 Å². The van der Waals surface area contributed by atoms with E-state index in [-0.39, 0.29) is 0 Å². The van der Waals surface area contributed by atoms with Crippen molar-refractivity contribution in [2.75, 3.05) is 5.32 Å². The summed E-state index contributed by atoms with van der Waals surface area (Å²) in [5, 5.41) is 11.8. The molecule has 0 atom stereocenters. The molecule has 3 rings (SSSR count). The Bertz CT molecular complexity index is 695. The van der Waals surface area contributed by atoms with Gasteiger partial charge in [0, 0.05) is 18.1 Å². The molecule has 0 aliphatic heterocycles. The standard InChI is InChI=1S/C15H16N4/c1-10-15(11(2)19-18-10)17-9-12-5-6-14-13(8-12)4-3-7-16-14/h3-8,17H,9H2,1-2H3,(H,18,19). The Balaban J connectivity index is 1.82. The second-order valence-electron chi connectivity index (χ2n) is 4.69. The normalized spacial score (nSPS) is 10.8. The van der Waals surface area contributed by atoms with Gasteiger partial charge in [-0.15, -0.1) is 0 Å². The minimum atomic E-state index is 0.784. The molecule has 0 spiro atoms. The molecule has 0 radical (unpaired) electrons. The molecule has 0 amide bonds. The maximum Gasteiger partial charge on any atom is 0.0825 e. The summed E-state index contributed by atoms with van der Waals surface area (Å²) in [7, 11) is 0. The number of aromatic amines is 1. The Morgan fingerprint density at radius 1 is 1.21 bits per heavy atom. The van der Waals surface area contributed by atoms with Gasteiger partial charge in [-0.05, 0) is 37.6 Å². The fourth-order valence-corrected chi connectivity index (χ4v) is 2.24. The van der Waals surface area contributed by atoms with Crippen LogP contribution in [0.15, 0.2) is 36.5 Å². The van der Waals surface area contributed by atoms with E-state index in [1.807, 2.05) is 26.1 Å². The first-order chi connectivity index (χ1) is 9.24. The first-order valence-electron chi connectivity index (χ1n) is 6.33. The minimum absolute atomic E-state index is 0.784. The number of aryl methyl sites for hydroxylation is 2. The second-order valence-corrected chi connectivity index (χ2v) is 4.69. The smallest absolute Gasteiger partial charge is 0.0825 e. The van der Waals surface area contributed by atoms with Crippen LogP contribution >= 0.6 is 0 Å². The van der Waals surface area contributed by atoms with Crippen LogP contribution in [0.5, 0.6) is 0 Å². The van der Waals surface area contributed by atoms with Gasteiger partial charge in [0.25, 0.3) is 0 Å². The van der Waals surface area contributed by atoms with Gasteiger partial charge < -0.3 is 5.32 Å². The molecule has 19 heavy (non-hydrogen) atoms. The van der Waals surface area contributed by atoms with Crippen LogP contribution < -0.4 is 5.32 Å². The first-order valence-corrected chi connectivity index (χ1v) is 6.33. The van der Waals surface area contributed by atoms with Crippen molar-refractivity contribution in [1.82, 2.24) is 15.2 Å². The average Bonchev–Trinajstić information content (AvgIpc) is 2.76. The lowest BCUT2D eigenvalue weighted by molar-refractivity contribution is 1.02. The number of aromatic nitrogens is 3. The summed E-state index contributed by atoms with van der Waals surface area (Å²) in [6.45, 7) is 4.80. The van der Waals surface area contributed by atoms with E-state index in [4.69, 9.17) is 0 Å². The van der Waals surface area contributed by atoms with Gasteiger partial charge in [-0.25, -0.2) is 0 Å². The van der Waals surface area contributed by atoms with Crippen LogP contribution in [-0.4, -0.2) is 15.2 Å². The van der Waals surface area contributed by atoms with Crippen molar-refractivity contribution in [3.05, 3.63) is 53.5 Å².